The largest absolute Gasteiger partial charge is 0.298 e. The highest BCUT2D eigenvalue weighted by molar-refractivity contribution is 5.87. The van der Waals surface area contributed by atoms with Gasteiger partial charge in [0.1, 0.15) is 0 Å². The average molecular weight is 224 g/mol. The number of hydrogen-bond donors (Lipinski definition) is 0. The molecule has 0 bridgehead atoms. The lowest BCUT2D eigenvalue weighted by atomic mass is 9.94. The van der Waals surface area contributed by atoms with Crippen LogP contribution in [-0.4, -0.2) is 6.29 Å². The van der Waals surface area contributed by atoms with E-state index < -0.39 is 0 Å². The Morgan fingerprint density at radius 3 is 2.29 bits per heavy atom. The number of aldehydes is 1. The van der Waals surface area contributed by atoms with Gasteiger partial charge in [0, 0.05) is 5.56 Å². The highest BCUT2D eigenvalue weighted by Gasteiger charge is 2.07. The summed E-state index contributed by atoms with van der Waals surface area (Å²) in [5.41, 5.74) is 4.06. The third-order valence-corrected chi connectivity index (χ3v) is 2.95. The highest BCUT2D eigenvalue weighted by atomic mass is 16.1. The first-order valence-electron chi connectivity index (χ1n) is 5.87. The van der Waals surface area contributed by atoms with Crippen LogP contribution < -0.4 is 0 Å². The first-order valence-corrected chi connectivity index (χ1v) is 5.87. The Hall–Kier alpha value is -1.89. The van der Waals surface area contributed by atoms with Crippen molar-refractivity contribution in [2.24, 2.45) is 0 Å². The van der Waals surface area contributed by atoms with Crippen molar-refractivity contribution in [3.8, 4) is 11.1 Å². The van der Waals surface area contributed by atoms with E-state index in [2.05, 4.69) is 19.9 Å². The monoisotopic (exact) mass is 224 g/mol. The van der Waals surface area contributed by atoms with Gasteiger partial charge in [0.15, 0.2) is 6.29 Å². The van der Waals surface area contributed by atoms with Crippen molar-refractivity contribution < 1.29 is 4.79 Å². The number of carbonyl (C=O) groups excluding carboxylic acids is 1. The van der Waals surface area contributed by atoms with Crippen molar-refractivity contribution in [2.75, 3.05) is 0 Å². The van der Waals surface area contributed by atoms with Crippen molar-refractivity contribution in [1.29, 1.82) is 0 Å². The van der Waals surface area contributed by atoms with Crippen LogP contribution in [0.3, 0.4) is 0 Å². The molecule has 2 aromatic carbocycles. The number of benzene rings is 2. The smallest absolute Gasteiger partial charge is 0.150 e. The molecule has 0 saturated carbocycles. The van der Waals surface area contributed by atoms with Crippen LogP contribution in [0.4, 0.5) is 0 Å². The Bertz CT molecular complexity index is 512. The van der Waals surface area contributed by atoms with E-state index in [9.17, 15) is 4.79 Å². The SMILES string of the molecule is CC(C)c1ccc(-c2ccccc2)c(C=O)c1. The van der Waals surface area contributed by atoms with Crippen LogP contribution in [0.25, 0.3) is 11.1 Å². The summed E-state index contributed by atoms with van der Waals surface area (Å²) in [5, 5.41) is 0. The van der Waals surface area contributed by atoms with Crippen molar-refractivity contribution >= 4 is 6.29 Å². The van der Waals surface area contributed by atoms with Gasteiger partial charge in [0.25, 0.3) is 0 Å². The van der Waals surface area contributed by atoms with Crippen molar-refractivity contribution in [1.82, 2.24) is 0 Å². The first-order chi connectivity index (χ1) is 8.22. The fourth-order valence-electron chi connectivity index (χ4n) is 1.92. The normalized spacial score (nSPS) is 10.5. The maximum Gasteiger partial charge on any atom is 0.150 e. The van der Waals surface area contributed by atoms with Crippen LogP contribution in [0.1, 0.15) is 35.7 Å². The molecule has 2 aromatic rings. The minimum absolute atomic E-state index is 0.443. The van der Waals surface area contributed by atoms with Gasteiger partial charge in [-0.25, -0.2) is 0 Å². The molecule has 0 amide bonds. The number of carbonyl (C=O) groups is 1. The van der Waals surface area contributed by atoms with E-state index in [1.165, 1.54) is 5.56 Å². The maximum atomic E-state index is 11.2. The minimum atomic E-state index is 0.443. The predicted octanol–water partition coefficient (Wildman–Crippen LogP) is 4.29. The van der Waals surface area contributed by atoms with Crippen molar-refractivity contribution in [2.45, 2.75) is 19.8 Å². The Morgan fingerprint density at radius 2 is 1.71 bits per heavy atom. The number of rotatable bonds is 3. The molecule has 0 saturated heterocycles. The van der Waals surface area contributed by atoms with E-state index in [4.69, 9.17) is 0 Å². The molecule has 0 aliphatic rings. The third kappa shape index (κ3) is 2.44. The second kappa shape index (κ2) is 4.96. The molecule has 1 heteroatoms. The van der Waals surface area contributed by atoms with Gasteiger partial charge < -0.3 is 0 Å². The molecular weight excluding hydrogens is 208 g/mol. The van der Waals surface area contributed by atoms with Gasteiger partial charge in [-0.2, -0.15) is 0 Å². The van der Waals surface area contributed by atoms with Gasteiger partial charge >= 0.3 is 0 Å². The van der Waals surface area contributed by atoms with E-state index >= 15 is 0 Å². The molecule has 0 atom stereocenters. The van der Waals surface area contributed by atoms with Crippen LogP contribution in [0, 0.1) is 0 Å². The lowest BCUT2D eigenvalue weighted by Crippen LogP contribution is -1.93. The fraction of sp³-hybridized carbons (Fsp3) is 0.188. The van der Waals surface area contributed by atoms with Crippen LogP contribution in [0.5, 0.6) is 0 Å². The lowest BCUT2D eigenvalue weighted by Gasteiger charge is -2.10. The summed E-state index contributed by atoms with van der Waals surface area (Å²) in [6.45, 7) is 4.26. The zero-order valence-corrected chi connectivity index (χ0v) is 10.2. The van der Waals surface area contributed by atoms with Gasteiger partial charge in [-0.05, 0) is 28.7 Å². The van der Waals surface area contributed by atoms with E-state index in [0.717, 1.165) is 23.0 Å². The standard InChI is InChI=1S/C16H16O/c1-12(2)14-8-9-16(15(10-14)11-17)13-6-4-3-5-7-13/h3-12H,1-2H3. The molecule has 0 unspecified atom stereocenters. The summed E-state index contributed by atoms with van der Waals surface area (Å²) in [7, 11) is 0. The summed E-state index contributed by atoms with van der Waals surface area (Å²) in [4.78, 5) is 11.2. The molecule has 0 heterocycles. The zero-order valence-electron chi connectivity index (χ0n) is 10.2. The van der Waals surface area contributed by atoms with Crippen LogP contribution >= 0.6 is 0 Å². The molecule has 86 valence electrons. The molecule has 1 nitrogen and oxygen atoms in total. The zero-order chi connectivity index (χ0) is 12.3. The summed E-state index contributed by atoms with van der Waals surface area (Å²) >= 11 is 0. The van der Waals surface area contributed by atoms with Crippen LogP contribution in [0.2, 0.25) is 0 Å². The van der Waals surface area contributed by atoms with E-state index in [1.54, 1.807) is 0 Å². The minimum Gasteiger partial charge on any atom is -0.298 e. The summed E-state index contributed by atoms with van der Waals surface area (Å²) in [5.74, 6) is 0.443. The maximum absolute atomic E-state index is 11.2. The summed E-state index contributed by atoms with van der Waals surface area (Å²) < 4.78 is 0. The first kappa shape index (κ1) is 11.6. The van der Waals surface area contributed by atoms with Gasteiger partial charge in [0.2, 0.25) is 0 Å². The highest BCUT2D eigenvalue weighted by Crippen LogP contribution is 2.26. The molecule has 0 spiro atoms. The second-order valence-electron chi connectivity index (χ2n) is 4.49. The molecular formula is C16H16O. The van der Waals surface area contributed by atoms with Gasteiger partial charge in [-0.15, -0.1) is 0 Å². The average Bonchev–Trinajstić information content (AvgIpc) is 2.39. The summed E-state index contributed by atoms with van der Waals surface area (Å²) in [6.07, 6.45) is 0.939. The van der Waals surface area contributed by atoms with Crippen molar-refractivity contribution in [3.05, 3.63) is 59.7 Å². The quantitative estimate of drug-likeness (QED) is 0.711. The van der Waals surface area contributed by atoms with Crippen LogP contribution in [-0.2, 0) is 0 Å². The van der Waals surface area contributed by atoms with Crippen LogP contribution in [0.15, 0.2) is 48.5 Å². The molecule has 0 fully saturated rings. The Balaban J connectivity index is 2.52. The molecule has 17 heavy (non-hydrogen) atoms. The lowest BCUT2D eigenvalue weighted by molar-refractivity contribution is 0.112. The Kier molecular flexibility index (Phi) is 3.38. The van der Waals surface area contributed by atoms with Gasteiger partial charge in [-0.3, -0.25) is 4.79 Å². The predicted molar refractivity (Wildman–Crippen MR) is 71.4 cm³/mol. The number of hydrogen-bond acceptors (Lipinski definition) is 1. The molecule has 0 aromatic heterocycles. The van der Waals surface area contributed by atoms with Crippen molar-refractivity contribution in [3.63, 3.8) is 0 Å². The van der Waals surface area contributed by atoms with E-state index in [1.807, 2.05) is 42.5 Å². The summed E-state index contributed by atoms with van der Waals surface area (Å²) in [6, 6.07) is 16.1. The molecule has 2 rings (SSSR count). The Labute approximate surface area is 102 Å². The van der Waals surface area contributed by atoms with E-state index in [-0.39, 0.29) is 0 Å². The molecule has 0 aliphatic carbocycles. The third-order valence-electron chi connectivity index (χ3n) is 2.95. The molecule has 0 radical (unpaired) electrons. The Morgan fingerprint density at radius 1 is 1.00 bits per heavy atom. The molecule has 0 aliphatic heterocycles. The van der Waals surface area contributed by atoms with Gasteiger partial charge in [0.05, 0.1) is 0 Å². The van der Waals surface area contributed by atoms with E-state index in [0.29, 0.717) is 5.92 Å². The molecule has 0 N–H and O–H groups in total. The fourth-order valence-corrected chi connectivity index (χ4v) is 1.92. The van der Waals surface area contributed by atoms with Gasteiger partial charge in [-0.1, -0.05) is 56.3 Å². The second-order valence-corrected chi connectivity index (χ2v) is 4.49. The topological polar surface area (TPSA) is 17.1 Å².